The number of aromatic hydroxyl groups is 1. The summed E-state index contributed by atoms with van der Waals surface area (Å²) in [5.41, 5.74) is 5.75. The first-order chi connectivity index (χ1) is 19.5. The molecule has 0 bridgehead atoms. The van der Waals surface area contributed by atoms with E-state index in [1.54, 1.807) is 25.1 Å². The smallest absolute Gasteiger partial charge is 0.328 e. The van der Waals surface area contributed by atoms with Crippen molar-refractivity contribution in [3.8, 4) is 29.0 Å². The summed E-state index contributed by atoms with van der Waals surface area (Å²) in [5.74, 6) is -4.70. The summed E-state index contributed by atoms with van der Waals surface area (Å²) in [6.45, 7) is 4.49. The van der Waals surface area contributed by atoms with Crippen LogP contribution >= 0.6 is 0 Å². The molecular formula is C28H30F2N6O5. The second-order valence-electron chi connectivity index (χ2n) is 9.19. The second-order valence-corrected chi connectivity index (χ2v) is 9.19. The Morgan fingerprint density at radius 1 is 1.20 bits per heavy atom. The Morgan fingerprint density at radius 2 is 1.90 bits per heavy atom. The first kappa shape index (κ1) is 29.1. The van der Waals surface area contributed by atoms with Gasteiger partial charge in [0.25, 0.3) is 11.8 Å². The number of hydrogen-bond acceptors (Lipinski definition) is 10. The predicted octanol–water partition coefficient (Wildman–Crippen LogP) is 4.01. The molecule has 2 aromatic carbocycles. The Bertz CT molecular complexity index is 1520. The Kier molecular flexibility index (Phi) is 8.55. The molecule has 4 rings (SSSR count). The van der Waals surface area contributed by atoms with Crippen LogP contribution in [0.3, 0.4) is 0 Å². The Labute approximate surface area is 235 Å². The summed E-state index contributed by atoms with van der Waals surface area (Å²) >= 11 is 0. The first-order valence-corrected chi connectivity index (χ1v) is 12.7. The highest BCUT2D eigenvalue weighted by Crippen LogP contribution is 2.40. The molecule has 13 heteroatoms. The number of halogens is 2. The molecule has 3 aromatic rings. The SMILES string of the molecule is CCOC(=O)C(C)N(C)c1c(F)c(Oc2cccc(C3=NCCN3C)c2)nc(Oc2cc(C(=N)N)ccc2O)c1F. The normalized spacial score (nSPS) is 13.4. The average Bonchev–Trinajstić information content (AvgIpc) is 3.38. The molecule has 0 fully saturated rings. The Balaban J connectivity index is 1.80. The molecule has 216 valence electrons. The molecule has 1 aliphatic heterocycles. The largest absolute Gasteiger partial charge is 0.504 e. The number of nitrogens with two attached hydrogens (primary N) is 1. The van der Waals surface area contributed by atoms with Crippen molar-refractivity contribution in [1.82, 2.24) is 9.88 Å². The minimum atomic E-state index is -1.27. The number of carbonyl (C=O) groups is 1. The first-order valence-electron chi connectivity index (χ1n) is 12.7. The van der Waals surface area contributed by atoms with Gasteiger partial charge in [0, 0.05) is 31.8 Å². The van der Waals surface area contributed by atoms with Crippen molar-refractivity contribution < 1.29 is 32.9 Å². The topological polar surface area (TPSA) is 147 Å². The quantitative estimate of drug-likeness (QED) is 0.187. The third kappa shape index (κ3) is 6.13. The van der Waals surface area contributed by atoms with E-state index in [1.165, 1.54) is 32.2 Å². The molecule has 1 unspecified atom stereocenters. The number of likely N-dealkylation sites (N-methyl/N-ethyl adjacent to an activating group) is 2. The van der Waals surface area contributed by atoms with E-state index in [4.69, 9.17) is 25.4 Å². The van der Waals surface area contributed by atoms with Gasteiger partial charge in [-0.25, -0.2) is 4.79 Å². The number of benzene rings is 2. The number of phenolic OH excluding ortho intramolecular Hbond substituents is 1. The summed E-state index contributed by atoms with van der Waals surface area (Å²) in [4.78, 5) is 23.8. The van der Waals surface area contributed by atoms with E-state index in [1.807, 2.05) is 18.0 Å². The van der Waals surface area contributed by atoms with Crippen LogP contribution in [-0.4, -0.2) is 72.5 Å². The lowest BCUT2D eigenvalue weighted by atomic mass is 10.2. The molecule has 0 radical (unpaired) electrons. The van der Waals surface area contributed by atoms with Gasteiger partial charge in [-0.2, -0.15) is 13.8 Å². The van der Waals surface area contributed by atoms with E-state index in [-0.39, 0.29) is 29.5 Å². The standard InChI is InChI=1S/C28H30F2N6O5/c1-5-39-28(38)15(2)36(4)23-21(29)26(40-18-8-6-7-17(13-18)25-33-11-12-35(25)3)34-27(22(23)30)41-20-14-16(24(31)32)9-10-19(20)37/h6-10,13-15,37H,5,11-12H2,1-4H3,(H3,31,32). The minimum Gasteiger partial charge on any atom is -0.504 e. The molecule has 4 N–H and O–H groups in total. The molecule has 0 saturated heterocycles. The molecule has 1 atom stereocenters. The maximum absolute atomic E-state index is 15.9. The summed E-state index contributed by atoms with van der Waals surface area (Å²) in [5, 5.41) is 17.9. The fourth-order valence-electron chi connectivity index (χ4n) is 4.07. The Morgan fingerprint density at radius 3 is 2.54 bits per heavy atom. The van der Waals surface area contributed by atoms with Crippen molar-refractivity contribution in [2.45, 2.75) is 19.9 Å². The van der Waals surface area contributed by atoms with E-state index in [2.05, 4.69) is 9.98 Å². The maximum atomic E-state index is 15.9. The number of phenols is 1. The zero-order valence-corrected chi connectivity index (χ0v) is 22.9. The maximum Gasteiger partial charge on any atom is 0.328 e. The molecule has 41 heavy (non-hydrogen) atoms. The number of amidine groups is 2. The number of nitrogens with zero attached hydrogens (tertiary/aromatic N) is 4. The van der Waals surface area contributed by atoms with E-state index >= 15 is 8.78 Å². The molecule has 1 aromatic heterocycles. The lowest BCUT2D eigenvalue weighted by Gasteiger charge is -2.27. The summed E-state index contributed by atoms with van der Waals surface area (Å²) in [6.07, 6.45) is 0. The zero-order chi connectivity index (χ0) is 29.8. The van der Waals surface area contributed by atoms with Crippen LogP contribution in [0.15, 0.2) is 47.5 Å². The van der Waals surface area contributed by atoms with Crippen LogP contribution in [0.2, 0.25) is 0 Å². The number of pyridine rings is 1. The molecule has 1 aliphatic rings. The molecule has 2 heterocycles. The fraction of sp³-hybridized carbons (Fsp3) is 0.286. The van der Waals surface area contributed by atoms with Gasteiger partial charge in [0.2, 0.25) is 11.6 Å². The lowest BCUT2D eigenvalue weighted by molar-refractivity contribution is -0.144. The van der Waals surface area contributed by atoms with Gasteiger partial charge >= 0.3 is 5.97 Å². The molecule has 0 aliphatic carbocycles. The highest BCUT2D eigenvalue weighted by Gasteiger charge is 2.31. The number of nitrogen functional groups attached to an aromatic ring is 1. The van der Waals surface area contributed by atoms with Crippen LogP contribution in [0.25, 0.3) is 0 Å². The fourth-order valence-corrected chi connectivity index (χ4v) is 4.07. The van der Waals surface area contributed by atoms with Crippen LogP contribution in [0, 0.1) is 17.0 Å². The molecular weight excluding hydrogens is 538 g/mol. The van der Waals surface area contributed by atoms with Crippen LogP contribution in [0.1, 0.15) is 25.0 Å². The van der Waals surface area contributed by atoms with Crippen LogP contribution in [-0.2, 0) is 9.53 Å². The third-order valence-electron chi connectivity index (χ3n) is 6.40. The number of esters is 1. The number of nitrogens with one attached hydrogen (secondary N) is 1. The van der Waals surface area contributed by atoms with Gasteiger partial charge in [-0.3, -0.25) is 10.4 Å². The van der Waals surface area contributed by atoms with Crippen molar-refractivity contribution in [2.24, 2.45) is 10.7 Å². The number of hydrogen-bond donors (Lipinski definition) is 3. The van der Waals surface area contributed by atoms with Gasteiger partial charge in [0.15, 0.2) is 11.5 Å². The van der Waals surface area contributed by atoms with E-state index < -0.39 is 46.8 Å². The van der Waals surface area contributed by atoms with Crippen LogP contribution < -0.4 is 20.1 Å². The van der Waals surface area contributed by atoms with E-state index in [9.17, 15) is 9.90 Å². The van der Waals surface area contributed by atoms with Crippen molar-refractivity contribution in [3.05, 3.63) is 65.2 Å². The van der Waals surface area contributed by atoms with Gasteiger partial charge < -0.3 is 34.9 Å². The van der Waals surface area contributed by atoms with E-state index in [0.717, 1.165) is 22.8 Å². The molecule has 0 amide bonds. The lowest BCUT2D eigenvalue weighted by Crippen LogP contribution is -2.38. The number of aliphatic imine (C=N–C) groups is 1. The number of aromatic nitrogens is 1. The van der Waals surface area contributed by atoms with Gasteiger partial charge in [-0.15, -0.1) is 0 Å². The summed E-state index contributed by atoms with van der Waals surface area (Å²) in [7, 11) is 3.20. The predicted molar refractivity (Wildman–Crippen MR) is 148 cm³/mol. The highest BCUT2D eigenvalue weighted by molar-refractivity contribution is 6.00. The second kappa shape index (κ2) is 12.1. The van der Waals surface area contributed by atoms with Gasteiger partial charge in [0.05, 0.1) is 13.2 Å². The summed E-state index contributed by atoms with van der Waals surface area (Å²) in [6, 6.07) is 9.39. The molecule has 0 spiro atoms. The third-order valence-corrected chi connectivity index (χ3v) is 6.40. The highest BCUT2D eigenvalue weighted by atomic mass is 19.1. The molecule has 11 nitrogen and oxygen atoms in total. The van der Waals surface area contributed by atoms with Gasteiger partial charge in [0.1, 0.15) is 29.1 Å². The van der Waals surface area contributed by atoms with Crippen molar-refractivity contribution in [3.63, 3.8) is 0 Å². The van der Waals surface area contributed by atoms with Crippen LogP contribution in [0.4, 0.5) is 14.5 Å². The number of carbonyl (C=O) groups excluding carboxylic acids is 1. The minimum absolute atomic E-state index is 0.0730. The Hall–Kier alpha value is -4.94. The van der Waals surface area contributed by atoms with Crippen molar-refractivity contribution in [1.29, 1.82) is 5.41 Å². The van der Waals surface area contributed by atoms with Gasteiger partial charge in [-0.1, -0.05) is 12.1 Å². The zero-order valence-electron chi connectivity index (χ0n) is 22.9. The number of rotatable bonds is 10. The number of ether oxygens (including phenoxy) is 3. The van der Waals surface area contributed by atoms with Crippen LogP contribution in [0.5, 0.6) is 29.0 Å². The van der Waals surface area contributed by atoms with Gasteiger partial charge in [-0.05, 0) is 44.2 Å². The van der Waals surface area contributed by atoms with Crippen molar-refractivity contribution in [2.75, 3.05) is 38.7 Å². The monoisotopic (exact) mass is 568 g/mol. The number of anilines is 1. The van der Waals surface area contributed by atoms with E-state index in [0.29, 0.717) is 6.54 Å². The van der Waals surface area contributed by atoms with Crippen molar-refractivity contribution >= 4 is 23.3 Å². The average molecular weight is 569 g/mol. The molecule has 0 saturated carbocycles. The summed E-state index contributed by atoms with van der Waals surface area (Å²) < 4.78 is 48.1.